The van der Waals surface area contributed by atoms with Crippen molar-refractivity contribution in [3.63, 3.8) is 0 Å². The molecule has 0 fully saturated rings. The number of allylic oxidation sites excluding steroid dienone is 3. The second-order valence-electron chi connectivity index (χ2n) is 9.50. The molecule has 2 aromatic carbocycles. The number of carbonyl (C=O) groups excluding carboxylic acids is 2. The lowest BCUT2D eigenvalue weighted by molar-refractivity contribution is -0.118. The van der Waals surface area contributed by atoms with E-state index in [0.717, 1.165) is 11.3 Å². The van der Waals surface area contributed by atoms with Gasteiger partial charge in [0.2, 0.25) is 6.79 Å². The van der Waals surface area contributed by atoms with Crippen LogP contribution in [0.15, 0.2) is 65.0 Å². The number of nitrogens with one attached hydrogen (secondary N) is 2. The number of rotatable bonds is 3. The molecule has 0 aromatic heterocycles. The summed E-state index contributed by atoms with van der Waals surface area (Å²) in [6.07, 6.45) is 1.11. The summed E-state index contributed by atoms with van der Waals surface area (Å²) in [6, 6.07) is 11.1. The molecular formula is C26H25FN2O4. The number of hydrogen-bond acceptors (Lipinski definition) is 5. The Kier molecular flexibility index (Phi) is 5.00. The van der Waals surface area contributed by atoms with E-state index in [0.29, 0.717) is 46.9 Å². The van der Waals surface area contributed by atoms with E-state index in [1.54, 1.807) is 0 Å². The van der Waals surface area contributed by atoms with E-state index < -0.39 is 5.92 Å². The number of anilines is 1. The largest absolute Gasteiger partial charge is 0.454 e. The topological polar surface area (TPSA) is 76.7 Å². The minimum atomic E-state index is -0.556. The van der Waals surface area contributed by atoms with Crippen molar-refractivity contribution < 1.29 is 23.5 Å². The Labute approximate surface area is 191 Å². The molecule has 33 heavy (non-hydrogen) atoms. The summed E-state index contributed by atoms with van der Waals surface area (Å²) in [5.74, 6) is -0.0378. The van der Waals surface area contributed by atoms with Crippen LogP contribution >= 0.6 is 0 Å². The molecule has 7 heteroatoms. The van der Waals surface area contributed by atoms with Crippen molar-refractivity contribution >= 4 is 17.4 Å². The van der Waals surface area contributed by atoms with Crippen LogP contribution in [0.4, 0.5) is 10.1 Å². The molecule has 3 aliphatic rings. The second kappa shape index (κ2) is 7.76. The van der Waals surface area contributed by atoms with Crippen LogP contribution in [-0.4, -0.2) is 18.5 Å². The van der Waals surface area contributed by atoms with Crippen LogP contribution in [0.2, 0.25) is 0 Å². The maximum atomic E-state index is 13.5. The average molecular weight is 448 g/mol. The van der Waals surface area contributed by atoms with Crippen molar-refractivity contribution in [2.24, 2.45) is 5.41 Å². The Bertz CT molecular complexity index is 1230. The summed E-state index contributed by atoms with van der Waals surface area (Å²) >= 11 is 0. The molecule has 1 atom stereocenters. The van der Waals surface area contributed by atoms with Crippen molar-refractivity contribution in [3.8, 4) is 11.5 Å². The lowest BCUT2D eigenvalue weighted by Crippen LogP contribution is -2.39. The van der Waals surface area contributed by atoms with Gasteiger partial charge in [0.15, 0.2) is 17.3 Å². The first-order valence-electron chi connectivity index (χ1n) is 10.9. The third kappa shape index (κ3) is 3.88. The highest BCUT2D eigenvalue weighted by Gasteiger charge is 2.43. The molecule has 2 heterocycles. The summed E-state index contributed by atoms with van der Waals surface area (Å²) < 4.78 is 24.3. The first-order chi connectivity index (χ1) is 15.7. The zero-order valence-electron chi connectivity index (χ0n) is 18.8. The van der Waals surface area contributed by atoms with Gasteiger partial charge >= 0.3 is 0 Å². The monoisotopic (exact) mass is 448 g/mol. The number of Topliss-reactive ketones (excluding diaryl/α,β-unsaturated/α-hetero) is 1. The molecule has 0 radical (unpaired) electrons. The predicted octanol–water partition coefficient (Wildman–Crippen LogP) is 4.80. The molecule has 2 aliphatic heterocycles. The van der Waals surface area contributed by atoms with E-state index in [1.165, 1.54) is 24.3 Å². The lowest BCUT2D eigenvalue weighted by Gasteiger charge is -2.39. The molecule has 0 saturated heterocycles. The molecule has 1 aliphatic carbocycles. The number of benzene rings is 2. The molecular weight excluding hydrogens is 423 g/mol. The number of fused-ring (bicyclic) bond motifs is 1. The van der Waals surface area contributed by atoms with Gasteiger partial charge in [-0.05, 0) is 60.7 Å². The van der Waals surface area contributed by atoms with E-state index in [2.05, 4.69) is 24.5 Å². The molecule has 2 aromatic rings. The van der Waals surface area contributed by atoms with E-state index in [9.17, 15) is 14.0 Å². The first kappa shape index (κ1) is 21.2. The fourth-order valence-electron chi connectivity index (χ4n) is 4.89. The normalized spacial score (nSPS) is 21.0. The van der Waals surface area contributed by atoms with Gasteiger partial charge in [-0.2, -0.15) is 0 Å². The van der Waals surface area contributed by atoms with E-state index in [-0.39, 0.29) is 29.7 Å². The summed E-state index contributed by atoms with van der Waals surface area (Å²) in [4.78, 5) is 26.9. The van der Waals surface area contributed by atoms with E-state index in [1.807, 2.05) is 25.1 Å². The molecule has 5 rings (SSSR count). The highest BCUT2D eigenvalue weighted by molar-refractivity contribution is 6.10. The van der Waals surface area contributed by atoms with Gasteiger partial charge in [0, 0.05) is 40.6 Å². The molecule has 0 bridgehead atoms. The molecule has 0 spiro atoms. The maximum absolute atomic E-state index is 13.5. The Morgan fingerprint density at radius 2 is 1.82 bits per heavy atom. The highest BCUT2D eigenvalue weighted by atomic mass is 19.1. The fourth-order valence-corrected chi connectivity index (χ4v) is 4.89. The Hall–Kier alpha value is -3.61. The van der Waals surface area contributed by atoms with Crippen LogP contribution in [-0.2, 0) is 9.59 Å². The summed E-state index contributed by atoms with van der Waals surface area (Å²) in [5, 5.41) is 6.20. The van der Waals surface area contributed by atoms with Gasteiger partial charge in [-0.15, -0.1) is 0 Å². The van der Waals surface area contributed by atoms with Crippen LogP contribution < -0.4 is 20.1 Å². The lowest BCUT2D eigenvalue weighted by atomic mass is 9.68. The Morgan fingerprint density at radius 3 is 2.58 bits per heavy atom. The van der Waals surface area contributed by atoms with Gasteiger partial charge < -0.3 is 20.1 Å². The summed E-state index contributed by atoms with van der Waals surface area (Å²) in [6.45, 7) is 6.12. The van der Waals surface area contributed by atoms with E-state index in [4.69, 9.17) is 9.47 Å². The first-order valence-corrected chi connectivity index (χ1v) is 10.9. The SMILES string of the molecule is CC1=C(C(=O)Nc2ccc(F)cc2)[C@@H](c2ccc3c(c2)OCO3)C2=C(CC(C)(C)CC2=O)N1. The smallest absolute Gasteiger partial charge is 0.254 e. The number of amides is 1. The number of hydrogen-bond donors (Lipinski definition) is 2. The minimum Gasteiger partial charge on any atom is -0.454 e. The Balaban J connectivity index is 1.60. The van der Waals surface area contributed by atoms with Crippen molar-refractivity contribution in [2.45, 2.75) is 39.5 Å². The van der Waals surface area contributed by atoms with Gasteiger partial charge in [0.05, 0.1) is 0 Å². The molecule has 1 amide bonds. The van der Waals surface area contributed by atoms with Crippen molar-refractivity contribution in [2.75, 3.05) is 12.1 Å². The maximum Gasteiger partial charge on any atom is 0.254 e. The zero-order chi connectivity index (χ0) is 23.3. The molecule has 6 nitrogen and oxygen atoms in total. The highest BCUT2D eigenvalue weighted by Crippen LogP contribution is 2.48. The number of ether oxygens (including phenoxy) is 2. The van der Waals surface area contributed by atoms with Gasteiger partial charge in [-0.3, -0.25) is 9.59 Å². The zero-order valence-corrected chi connectivity index (χ0v) is 18.8. The van der Waals surface area contributed by atoms with Crippen LogP contribution in [0.1, 0.15) is 45.1 Å². The molecule has 0 unspecified atom stereocenters. The summed E-state index contributed by atoms with van der Waals surface area (Å²) in [5.41, 5.74) is 3.69. The van der Waals surface area contributed by atoms with Gasteiger partial charge in [0.1, 0.15) is 5.82 Å². The van der Waals surface area contributed by atoms with Crippen LogP contribution in [0, 0.1) is 11.2 Å². The van der Waals surface area contributed by atoms with Crippen LogP contribution in [0.5, 0.6) is 11.5 Å². The quantitative estimate of drug-likeness (QED) is 0.706. The number of ketones is 1. The number of carbonyl (C=O) groups is 2. The fraction of sp³-hybridized carbons (Fsp3) is 0.308. The van der Waals surface area contributed by atoms with Crippen molar-refractivity contribution in [3.05, 3.63) is 76.4 Å². The molecule has 0 saturated carbocycles. The summed E-state index contributed by atoms with van der Waals surface area (Å²) in [7, 11) is 0. The van der Waals surface area contributed by atoms with Gasteiger partial charge in [0.25, 0.3) is 5.91 Å². The molecule has 170 valence electrons. The average Bonchev–Trinajstić information content (AvgIpc) is 3.21. The second-order valence-corrected chi connectivity index (χ2v) is 9.50. The van der Waals surface area contributed by atoms with Crippen LogP contribution in [0.25, 0.3) is 0 Å². The standard InChI is InChI=1S/C26H25FN2O4/c1-14-22(25(31)29-17-7-5-16(27)6-8-17)23(15-4-9-20-21(10-15)33-13-32-20)24-18(28-14)11-26(2,3)12-19(24)30/h4-10,23,28H,11-13H2,1-3H3,(H,29,31)/t23-/m1/s1. The predicted molar refractivity (Wildman–Crippen MR) is 121 cm³/mol. The van der Waals surface area contributed by atoms with Crippen LogP contribution in [0.3, 0.4) is 0 Å². The minimum absolute atomic E-state index is 0.0241. The third-order valence-electron chi connectivity index (χ3n) is 6.32. The van der Waals surface area contributed by atoms with Gasteiger partial charge in [-0.1, -0.05) is 19.9 Å². The number of halogens is 1. The molecule has 2 N–H and O–H groups in total. The third-order valence-corrected chi connectivity index (χ3v) is 6.32. The number of dihydropyridines is 1. The van der Waals surface area contributed by atoms with Crippen molar-refractivity contribution in [1.29, 1.82) is 0 Å². The Morgan fingerprint density at radius 1 is 1.09 bits per heavy atom. The van der Waals surface area contributed by atoms with Crippen molar-refractivity contribution in [1.82, 2.24) is 5.32 Å². The van der Waals surface area contributed by atoms with Gasteiger partial charge in [-0.25, -0.2) is 4.39 Å². The van der Waals surface area contributed by atoms with E-state index >= 15 is 0 Å².